The number of para-hydroxylation sites is 1. The summed E-state index contributed by atoms with van der Waals surface area (Å²) in [6.45, 7) is 0. The maximum Gasteiger partial charge on any atom is 0.165 e. The lowest BCUT2D eigenvalue weighted by Crippen LogP contribution is -2.09. The first kappa shape index (κ1) is 13.3. The molecule has 1 saturated carbocycles. The number of benzene rings is 1. The summed E-state index contributed by atoms with van der Waals surface area (Å²) in [5.41, 5.74) is 1.65. The number of carbonyl (C=O) groups is 1. The maximum absolute atomic E-state index is 12.6. The Morgan fingerprint density at radius 2 is 1.80 bits per heavy atom. The van der Waals surface area contributed by atoms with E-state index in [9.17, 15) is 4.79 Å². The fraction of sp³-hybridized carbons (Fsp3) is 0.444. The van der Waals surface area contributed by atoms with Gasteiger partial charge in [0.2, 0.25) is 0 Å². The van der Waals surface area contributed by atoms with Gasteiger partial charge >= 0.3 is 0 Å². The predicted octanol–water partition coefficient (Wildman–Crippen LogP) is 4.78. The van der Waals surface area contributed by atoms with Gasteiger partial charge in [-0.25, -0.2) is 0 Å². The lowest BCUT2D eigenvalue weighted by atomic mass is 9.91. The molecule has 0 radical (unpaired) electrons. The summed E-state index contributed by atoms with van der Waals surface area (Å²) < 4.78 is 0. The zero-order chi connectivity index (χ0) is 13.8. The van der Waals surface area contributed by atoms with Gasteiger partial charge in [-0.15, -0.1) is 0 Å². The van der Waals surface area contributed by atoms with Crippen molar-refractivity contribution in [2.45, 2.75) is 44.9 Å². The van der Waals surface area contributed by atoms with Gasteiger partial charge in [0.15, 0.2) is 5.78 Å². The first-order valence-corrected chi connectivity index (χ1v) is 7.71. The SMILES string of the molecule is O=C(CC1CCCCCC1)c1cccc2cccnc12. The first-order chi connectivity index (χ1) is 9.84. The van der Waals surface area contributed by atoms with E-state index in [4.69, 9.17) is 0 Å². The number of pyridine rings is 1. The molecule has 1 fully saturated rings. The van der Waals surface area contributed by atoms with Gasteiger partial charge in [-0.05, 0) is 18.1 Å². The number of ketones is 1. The van der Waals surface area contributed by atoms with E-state index in [1.807, 2.05) is 30.3 Å². The number of aromatic nitrogens is 1. The highest BCUT2D eigenvalue weighted by Gasteiger charge is 2.18. The van der Waals surface area contributed by atoms with Gasteiger partial charge in [-0.2, -0.15) is 0 Å². The van der Waals surface area contributed by atoms with Crippen LogP contribution in [0.4, 0.5) is 0 Å². The van der Waals surface area contributed by atoms with E-state index in [-0.39, 0.29) is 5.78 Å². The Morgan fingerprint density at radius 1 is 1.05 bits per heavy atom. The zero-order valence-electron chi connectivity index (χ0n) is 11.8. The van der Waals surface area contributed by atoms with E-state index in [1.165, 1.54) is 38.5 Å². The van der Waals surface area contributed by atoms with Crippen LogP contribution in [0.3, 0.4) is 0 Å². The minimum Gasteiger partial charge on any atom is -0.294 e. The van der Waals surface area contributed by atoms with Crippen LogP contribution in [0.1, 0.15) is 55.3 Å². The topological polar surface area (TPSA) is 30.0 Å². The van der Waals surface area contributed by atoms with Crippen molar-refractivity contribution < 1.29 is 4.79 Å². The van der Waals surface area contributed by atoms with E-state index in [2.05, 4.69) is 4.98 Å². The monoisotopic (exact) mass is 267 g/mol. The summed E-state index contributed by atoms with van der Waals surface area (Å²) in [4.78, 5) is 17.0. The predicted molar refractivity (Wildman–Crippen MR) is 81.9 cm³/mol. The van der Waals surface area contributed by atoms with Gasteiger partial charge in [0.25, 0.3) is 0 Å². The summed E-state index contributed by atoms with van der Waals surface area (Å²) >= 11 is 0. The van der Waals surface area contributed by atoms with Gasteiger partial charge in [-0.3, -0.25) is 9.78 Å². The van der Waals surface area contributed by atoms with Crippen LogP contribution in [0.15, 0.2) is 36.5 Å². The Morgan fingerprint density at radius 3 is 2.60 bits per heavy atom. The van der Waals surface area contributed by atoms with Crippen LogP contribution >= 0.6 is 0 Å². The van der Waals surface area contributed by atoms with E-state index < -0.39 is 0 Å². The number of hydrogen-bond acceptors (Lipinski definition) is 2. The molecule has 0 amide bonds. The Balaban J connectivity index is 1.81. The molecule has 2 nitrogen and oxygen atoms in total. The van der Waals surface area contributed by atoms with Crippen LogP contribution in [0.25, 0.3) is 10.9 Å². The molecule has 0 N–H and O–H groups in total. The molecule has 0 spiro atoms. The van der Waals surface area contributed by atoms with Gasteiger partial charge in [0.1, 0.15) is 0 Å². The third kappa shape index (κ3) is 2.90. The average molecular weight is 267 g/mol. The van der Waals surface area contributed by atoms with E-state index >= 15 is 0 Å². The summed E-state index contributed by atoms with van der Waals surface area (Å²) in [6.07, 6.45) is 10.1. The lowest BCUT2D eigenvalue weighted by Gasteiger charge is -2.13. The molecule has 2 aromatic rings. The molecular formula is C18H21NO. The lowest BCUT2D eigenvalue weighted by molar-refractivity contribution is 0.0958. The van der Waals surface area contributed by atoms with Crippen LogP contribution in [-0.4, -0.2) is 10.8 Å². The molecule has 3 rings (SSSR count). The Bertz CT molecular complexity index is 592. The van der Waals surface area contributed by atoms with Crippen LogP contribution in [0, 0.1) is 5.92 Å². The molecule has 20 heavy (non-hydrogen) atoms. The molecule has 1 aromatic carbocycles. The standard InChI is InChI=1S/C18H21NO/c20-17(13-14-7-3-1-2-4-8-14)16-11-5-9-15-10-6-12-19-18(15)16/h5-6,9-12,14H,1-4,7-8,13H2. The van der Waals surface area contributed by atoms with Gasteiger partial charge in [0, 0.05) is 23.6 Å². The Hall–Kier alpha value is -1.70. The number of Topliss-reactive ketones (excluding diaryl/α,β-unsaturated/α-hetero) is 1. The van der Waals surface area contributed by atoms with Crippen molar-refractivity contribution >= 4 is 16.7 Å². The fourth-order valence-corrected chi connectivity index (χ4v) is 3.27. The molecule has 1 aromatic heterocycles. The van der Waals surface area contributed by atoms with E-state index in [1.54, 1.807) is 6.20 Å². The Kier molecular flexibility index (Phi) is 4.10. The maximum atomic E-state index is 12.6. The van der Waals surface area contributed by atoms with Crippen LogP contribution in [0.5, 0.6) is 0 Å². The van der Waals surface area contributed by atoms with Crippen LogP contribution < -0.4 is 0 Å². The number of fused-ring (bicyclic) bond motifs is 1. The molecule has 1 aliphatic rings. The number of nitrogens with zero attached hydrogens (tertiary/aromatic N) is 1. The number of rotatable bonds is 3. The van der Waals surface area contributed by atoms with Crippen LogP contribution in [-0.2, 0) is 0 Å². The van der Waals surface area contributed by atoms with E-state index in [0.29, 0.717) is 12.3 Å². The van der Waals surface area contributed by atoms with Gasteiger partial charge in [0.05, 0.1) is 5.52 Å². The molecular weight excluding hydrogens is 246 g/mol. The molecule has 104 valence electrons. The average Bonchev–Trinajstić information content (AvgIpc) is 2.75. The van der Waals surface area contributed by atoms with Gasteiger partial charge < -0.3 is 0 Å². The minimum absolute atomic E-state index is 0.265. The third-order valence-corrected chi connectivity index (χ3v) is 4.38. The van der Waals surface area contributed by atoms with Crippen molar-refractivity contribution in [2.24, 2.45) is 5.92 Å². The van der Waals surface area contributed by atoms with Crippen molar-refractivity contribution in [3.8, 4) is 0 Å². The highest BCUT2D eigenvalue weighted by Crippen LogP contribution is 2.27. The molecule has 0 atom stereocenters. The third-order valence-electron chi connectivity index (χ3n) is 4.38. The van der Waals surface area contributed by atoms with Crippen molar-refractivity contribution in [3.05, 3.63) is 42.1 Å². The van der Waals surface area contributed by atoms with Crippen molar-refractivity contribution in [2.75, 3.05) is 0 Å². The van der Waals surface area contributed by atoms with Crippen molar-refractivity contribution in [1.82, 2.24) is 4.98 Å². The van der Waals surface area contributed by atoms with Crippen LogP contribution in [0.2, 0.25) is 0 Å². The molecule has 0 bridgehead atoms. The fourth-order valence-electron chi connectivity index (χ4n) is 3.27. The molecule has 0 saturated heterocycles. The summed E-state index contributed by atoms with van der Waals surface area (Å²) in [5.74, 6) is 0.838. The summed E-state index contributed by atoms with van der Waals surface area (Å²) in [5, 5.41) is 1.05. The molecule has 1 heterocycles. The van der Waals surface area contributed by atoms with E-state index in [0.717, 1.165) is 16.5 Å². The zero-order valence-corrected chi connectivity index (χ0v) is 11.8. The smallest absolute Gasteiger partial charge is 0.165 e. The van der Waals surface area contributed by atoms with Crippen molar-refractivity contribution in [1.29, 1.82) is 0 Å². The molecule has 0 aliphatic heterocycles. The summed E-state index contributed by atoms with van der Waals surface area (Å²) in [7, 11) is 0. The normalized spacial score (nSPS) is 17.0. The first-order valence-electron chi connectivity index (χ1n) is 7.71. The summed E-state index contributed by atoms with van der Waals surface area (Å²) in [6, 6.07) is 9.84. The second-order valence-electron chi connectivity index (χ2n) is 5.87. The largest absolute Gasteiger partial charge is 0.294 e. The number of hydrogen-bond donors (Lipinski definition) is 0. The molecule has 0 unspecified atom stereocenters. The minimum atomic E-state index is 0.265. The Labute approximate surface area is 120 Å². The van der Waals surface area contributed by atoms with Crippen molar-refractivity contribution in [3.63, 3.8) is 0 Å². The molecule has 1 aliphatic carbocycles. The second kappa shape index (κ2) is 6.17. The number of carbonyl (C=O) groups excluding carboxylic acids is 1. The quantitative estimate of drug-likeness (QED) is 0.592. The molecule has 2 heteroatoms. The second-order valence-corrected chi connectivity index (χ2v) is 5.87. The highest BCUT2D eigenvalue weighted by molar-refractivity contribution is 6.06. The van der Waals surface area contributed by atoms with Gasteiger partial charge in [-0.1, -0.05) is 56.7 Å². The highest BCUT2D eigenvalue weighted by atomic mass is 16.1.